The zero-order valence-electron chi connectivity index (χ0n) is 17.1. The van der Waals surface area contributed by atoms with Crippen LogP contribution in [0.1, 0.15) is 5.56 Å². The first kappa shape index (κ1) is 20.7. The van der Waals surface area contributed by atoms with Gasteiger partial charge >= 0.3 is 0 Å². The number of nitrogens with one attached hydrogen (secondary N) is 1. The molecule has 0 saturated carbocycles. The van der Waals surface area contributed by atoms with Gasteiger partial charge in [-0.1, -0.05) is 24.3 Å². The van der Waals surface area contributed by atoms with Crippen molar-refractivity contribution in [3.63, 3.8) is 0 Å². The van der Waals surface area contributed by atoms with E-state index < -0.39 is 22.0 Å². The largest absolute Gasteiger partial charge is 0.497 e. The molecule has 3 aromatic rings. The van der Waals surface area contributed by atoms with E-state index in [0.717, 1.165) is 5.56 Å². The Morgan fingerprint density at radius 1 is 1.06 bits per heavy atom. The minimum atomic E-state index is -3.93. The van der Waals surface area contributed by atoms with Crippen molar-refractivity contribution in [3.8, 4) is 11.5 Å². The molecular weight excluding hydrogens is 416 g/mol. The summed E-state index contributed by atoms with van der Waals surface area (Å²) in [5, 5.41) is 2.78. The molecule has 4 rings (SSSR count). The SMILES string of the molecule is COc1ccc(S(=O)(=O)N2C[C@@H](C(=O)Nc3ccccc3)Oc3cc(C)ccc32)cc1. The van der Waals surface area contributed by atoms with Gasteiger partial charge in [-0.15, -0.1) is 0 Å². The summed E-state index contributed by atoms with van der Waals surface area (Å²) < 4.78 is 39.2. The van der Waals surface area contributed by atoms with Crippen LogP contribution in [0.5, 0.6) is 11.5 Å². The van der Waals surface area contributed by atoms with Gasteiger partial charge in [0.05, 0.1) is 24.2 Å². The van der Waals surface area contributed by atoms with Crippen LogP contribution in [0.3, 0.4) is 0 Å². The Morgan fingerprint density at radius 3 is 2.45 bits per heavy atom. The van der Waals surface area contributed by atoms with Gasteiger partial charge in [-0.25, -0.2) is 8.42 Å². The highest BCUT2D eigenvalue weighted by Crippen LogP contribution is 2.38. The second-order valence-electron chi connectivity index (χ2n) is 7.14. The third-order valence-corrected chi connectivity index (χ3v) is 6.76. The predicted octanol–water partition coefficient (Wildman–Crippen LogP) is 3.60. The lowest BCUT2D eigenvalue weighted by atomic mass is 10.1. The van der Waals surface area contributed by atoms with Crippen LogP contribution in [0.2, 0.25) is 0 Å². The minimum Gasteiger partial charge on any atom is -0.497 e. The summed E-state index contributed by atoms with van der Waals surface area (Å²) in [6, 6.07) is 20.3. The number of carbonyl (C=O) groups excluding carboxylic acids is 1. The Morgan fingerprint density at radius 2 is 1.77 bits per heavy atom. The number of sulfonamides is 1. The number of rotatable bonds is 5. The number of hydrogen-bond donors (Lipinski definition) is 1. The van der Waals surface area contributed by atoms with Gasteiger partial charge in [-0.05, 0) is 61.0 Å². The molecule has 0 unspecified atom stereocenters. The van der Waals surface area contributed by atoms with Crippen LogP contribution in [0.15, 0.2) is 77.7 Å². The molecule has 7 nitrogen and oxygen atoms in total. The van der Waals surface area contributed by atoms with Crippen LogP contribution in [-0.2, 0) is 14.8 Å². The maximum Gasteiger partial charge on any atom is 0.267 e. The summed E-state index contributed by atoms with van der Waals surface area (Å²) >= 11 is 0. The Bertz CT molecular complexity index is 1190. The lowest BCUT2D eigenvalue weighted by Crippen LogP contribution is -2.48. The van der Waals surface area contributed by atoms with E-state index >= 15 is 0 Å². The fourth-order valence-corrected chi connectivity index (χ4v) is 4.82. The first-order valence-electron chi connectivity index (χ1n) is 9.68. The number of aryl methyl sites for hydroxylation is 1. The number of ether oxygens (including phenoxy) is 2. The average molecular weight is 439 g/mol. The highest BCUT2D eigenvalue weighted by atomic mass is 32.2. The van der Waals surface area contributed by atoms with Gasteiger partial charge in [-0.3, -0.25) is 9.10 Å². The normalized spacial score (nSPS) is 15.5. The van der Waals surface area contributed by atoms with E-state index in [1.165, 1.54) is 23.5 Å². The summed E-state index contributed by atoms with van der Waals surface area (Å²) in [5.41, 5.74) is 1.89. The van der Waals surface area contributed by atoms with Gasteiger partial charge in [-0.2, -0.15) is 0 Å². The van der Waals surface area contributed by atoms with Crippen molar-refractivity contribution < 1.29 is 22.7 Å². The van der Waals surface area contributed by atoms with Gasteiger partial charge < -0.3 is 14.8 Å². The number of para-hydroxylation sites is 1. The summed E-state index contributed by atoms with van der Waals surface area (Å²) in [6.07, 6.45) is -1.01. The Hall–Kier alpha value is -3.52. The minimum absolute atomic E-state index is 0.101. The highest BCUT2D eigenvalue weighted by molar-refractivity contribution is 7.92. The van der Waals surface area contributed by atoms with Crippen molar-refractivity contribution in [2.24, 2.45) is 0 Å². The van der Waals surface area contributed by atoms with E-state index in [2.05, 4.69) is 5.32 Å². The third-order valence-electron chi connectivity index (χ3n) is 4.97. The molecule has 1 aliphatic rings. The zero-order valence-corrected chi connectivity index (χ0v) is 17.9. The van der Waals surface area contributed by atoms with E-state index in [9.17, 15) is 13.2 Å². The third kappa shape index (κ3) is 4.20. The average Bonchev–Trinajstić information content (AvgIpc) is 2.78. The second kappa shape index (κ2) is 8.31. The van der Waals surface area contributed by atoms with Crippen molar-refractivity contribution >= 4 is 27.3 Å². The van der Waals surface area contributed by atoms with Gasteiger partial charge in [0.25, 0.3) is 15.9 Å². The van der Waals surface area contributed by atoms with Crippen LogP contribution >= 0.6 is 0 Å². The molecule has 1 heterocycles. The maximum absolute atomic E-state index is 13.5. The van der Waals surface area contributed by atoms with E-state index in [1.807, 2.05) is 19.1 Å². The standard InChI is InChI=1S/C23H22N2O5S/c1-16-8-13-20-21(14-16)30-22(23(26)24-17-6-4-3-5-7-17)15-25(20)31(27,28)19-11-9-18(29-2)10-12-19/h3-14,22H,15H2,1-2H3,(H,24,26)/t22-/m0/s1. The van der Waals surface area contributed by atoms with Gasteiger partial charge in [0.15, 0.2) is 6.10 Å². The lowest BCUT2D eigenvalue weighted by Gasteiger charge is -2.35. The molecule has 0 fully saturated rings. The number of methoxy groups -OCH3 is 1. The second-order valence-corrected chi connectivity index (χ2v) is 9.01. The summed E-state index contributed by atoms with van der Waals surface area (Å²) in [7, 11) is -2.42. The fourth-order valence-electron chi connectivity index (χ4n) is 3.34. The lowest BCUT2D eigenvalue weighted by molar-refractivity contribution is -0.122. The monoisotopic (exact) mass is 438 g/mol. The fraction of sp³-hybridized carbons (Fsp3) is 0.174. The van der Waals surface area contributed by atoms with Crippen molar-refractivity contribution in [2.45, 2.75) is 17.9 Å². The van der Waals surface area contributed by atoms with Crippen molar-refractivity contribution in [1.82, 2.24) is 0 Å². The number of hydrogen-bond acceptors (Lipinski definition) is 5. The number of fused-ring (bicyclic) bond motifs is 1. The molecular formula is C23H22N2O5S. The van der Waals surface area contributed by atoms with Crippen molar-refractivity contribution in [1.29, 1.82) is 0 Å². The smallest absolute Gasteiger partial charge is 0.267 e. The molecule has 1 amide bonds. The molecule has 1 aliphatic heterocycles. The zero-order chi connectivity index (χ0) is 22.0. The molecule has 0 saturated heterocycles. The van der Waals surface area contributed by atoms with Crippen LogP contribution in [0, 0.1) is 6.92 Å². The number of benzene rings is 3. The molecule has 0 radical (unpaired) electrons. The maximum atomic E-state index is 13.5. The molecule has 8 heteroatoms. The molecule has 0 aliphatic carbocycles. The van der Waals surface area contributed by atoms with Crippen LogP contribution in [0.4, 0.5) is 11.4 Å². The predicted molar refractivity (Wildman–Crippen MR) is 118 cm³/mol. The van der Waals surface area contributed by atoms with E-state index in [0.29, 0.717) is 22.9 Å². The molecule has 160 valence electrons. The highest BCUT2D eigenvalue weighted by Gasteiger charge is 2.37. The van der Waals surface area contributed by atoms with Crippen molar-refractivity contribution in [2.75, 3.05) is 23.3 Å². The molecule has 1 N–H and O–H groups in total. The molecule has 0 bridgehead atoms. The first-order chi connectivity index (χ1) is 14.9. The molecule has 1 atom stereocenters. The van der Waals surface area contributed by atoms with Gasteiger partial charge in [0.1, 0.15) is 11.5 Å². The topological polar surface area (TPSA) is 84.9 Å². The first-order valence-corrected chi connectivity index (χ1v) is 11.1. The Kier molecular flexibility index (Phi) is 5.56. The van der Waals surface area contributed by atoms with Gasteiger partial charge in [0, 0.05) is 5.69 Å². The number of amides is 1. The Labute approximate surface area is 181 Å². The van der Waals surface area contributed by atoms with E-state index in [-0.39, 0.29) is 11.4 Å². The molecule has 31 heavy (non-hydrogen) atoms. The van der Waals surface area contributed by atoms with Crippen LogP contribution in [0.25, 0.3) is 0 Å². The Balaban J connectivity index is 1.69. The van der Waals surface area contributed by atoms with Gasteiger partial charge in [0.2, 0.25) is 0 Å². The summed E-state index contributed by atoms with van der Waals surface area (Å²) in [6.45, 7) is 1.72. The molecule has 0 spiro atoms. The van der Waals surface area contributed by atoms with E-state index in [4.69, 9.17) is 9.47 Å². The van der Waals surface area contributed by atoms with Crippen molar-refractivity contribution in [3.05, 3.63) is 78.4 Å². The summed E-state index contributed by atoms with van der Waals surface area (Å²) in [4.78, 5) is 13.0. The number of anilines is 2. The van der Waals surface area contributed by atoms with E-state index in [1.54, 1.807) is 48.5 Å². The summed E-state index contributed by atoms with van der Waals surface area (Å²) in [5.74, 6) is 0.474. The molecule has 3 aromatic carbocycles. The number of nitrogens with zero attached hydrogens (tertiary/aromatic N) is 1. The quantitative estimate of drug-likeness (QED) is 0.658. The molecule has 0 aromatic heterocycles. The van der Waals surface area contributed by atoms with Crippen LogP contribution < -0.4 is 19.1 Å². The van der Waals surface area contributed by atoms with Crippen LogP contribution in [-0.4, -0.2) is 34.1 Å². The number of carbonyl (C=O) groups is 1.